The normalized spacial score (nSPS) is 10.8. The Morgan fingerprint density at radius 2 is 1.83 bits per heavy atom. The lowest BCUT2D eigenvalue weighted by atomic mass is 9.99. The molecule has 0 fully saturated rings. The number of benzene rings is 1. The van der Waals surface area contributed by atoms with Gasteiger partial charge in [-0.15, -0.1) is 0 Å². The number of carboxylic acids is 1. The van der Waals surface area contributed by atoms with Gasteiger partial charge in [-0.05, 0) is 32.1 Å². The maximum atomic E-state index is 11.8. The number of carbonyl (C=O) groups is 2. The van der Waals surface area contributed by atoms with Crippen LogP contribution in [0.3, 0.4) is 0 Å². The van der Waals surface area contributed by atoms with Crippen LogP contribution in [0.4, 0.5) is 0 Å². The average molecular weight is 327 g/mol. The molecule has 124 valence electrons. The van der Waals surface area contributed by atoms with Crippen molar-refractivity contribution in [3.63, 3.8) is 0 Å². The van der Waals surface area contributed by atoms with Gasteiger partial charge in [0, 0.05) is 5.56 Å². The van der Waals surface area contributed by atoms with E-state index in [1.54, 1.807) is 18.2 Å². The van der Waals surface area contributed by atoms with Gasteiger partial charge in [-0.1, -0.05) is 18.2 Å². The van der Waals surface area contributed by atoms with Crippen LogP contribution in [-0.2, 0) is 0 Å². The van der Waals surface area contributed by atoms with Crippen LogP contribution in [0, 0.1) is 6.92 Å². The second kappa shape index (κ2) is 6.95. The second-order valence-corrected chi connectivity index (χ2v) is 5.12. The minimum Gasteiger partial charge on any atom is -0.505 e. The molecule has 0 unspecified atom stereocenters. The lowest BCUT2D eigenvalue weighted by molar-refractivity contribution is 0.0690. The Kier molecular flexibility index (Phi) is 4.99. The Hall–Kier alpha value is -3.15. The maximum Gasteiger partial charge on any atom is 0.338 e. The summed E-state index contributed by atoms with van der Waals surface area (Å²) >= 11 is 0. The third kappa shape index (κ3) is 3.27. The van der Waals surface area contributed by atoms with Crippen LogP contribution < -0.4 is 4.74 Å². The van der Waals surface area contributed by atoms with Gasteiger partial charge in [0.05, 0.1) is 29.6 Å². The average Bonchev–Trinajstić information content (AvgIpc) is 2.54. The summed E-state index contributed by atoms with van der Waals surface area (Å²) in [5.41, 5.74) is 0.443. The van der Waals surface area contributed by atoms with Crippen LogP contribution in [0.25, 0.3) is 12.2 Å². The van der Waals surface area contributed by atoms with E-state index in [9.17, 15) is 19.8 Å². The third-order valence-electron chi connectivity index (χ3n) is 3.50. The van der Waals surface area contributed by atoms with Gasteiger partial charge < -0.3 is 14.9 Å². The van der Waals surface area contributed by atoms with Gasteiger partial charge in [0.2, 0.25) is 0 Å². The summed E-state index contributed by atoms with van der Waals surface area (Å²) in [6.45, 7) is 2.71. The first-order chi connectivity index (χ1) is 11.4. The van der Waals surface area contributed by atoms with E-state index >= 15 is 0 Å². The number of ketones is 1. The predicted molar refractivity (Wildman–Crippen MR) is 89.5 cm³/mol. The zero-order valence-electron chi connectivity index (χ0n) is 13.5. The highest BCUT2D eigenvalue weighted by atomic mass is 16.5. The van der Waals surface area contributed by atoms with E-state index in [2.05, 4.69) is 4.98 Å². The number of pyridine rings is 1. The van der Waals surface area contributed by atoms with Crippen molar-refractivity contribution < 1.29 is 24.5 Å². The van der Waals surface area contributed by atoms with Crippen LogP contribution in [0.5, 0.6) is 11.5 Å². The smallest absolute Gasteiger partial charge is 0.338 e. The van der Waals surface area contributed by atoms with E-state index in [4.69, 9.17) is 4.74 Å². The van der Waals surface area contributed by atoms with E-state index in [0.717, 1.165) is 5.56 Å². The summed E-state index contributed by atoms with van der Waals surface area (Å²) in [6, 6.07) is 7.20. The highest BCUT2D eigenvalue weighted by Gasteiger charge is 2.24. The molecular weight excluding hydrogens is 310 g/mol. The van der Waals surface area contributed by atoms with E-state index in [0.29, 0.717) is 5.75 Å². The SMILES string of the molecule is COc1ccccc1/C=C/c1nc(C)c(O)c(C(C)=O)c1C(=O)O. The fraction of sp³-hybridized carbons (Fsp3) is 0.167. The van der Waals surface area contributed by atoms with E-state index in [-0.39, 0.29) is 22.5 Å². The molecule has 0 bridgehead atoms. The molecule has 6 nitrogen and oxygen atoms in total. The lowest BCUT2D eigenvalue weighted by Crippen LogP contribution is -2.12. The highest BCUT2D eigenvalue weighted by molar-refractivity contribution is 6.08. The van der Waals surface area contributed by atoms with Gasteiger partial charge >= 0.3 is 5.97 Å². The number of aromatic nitrogens is 1. The molecule has 0 atom stereocenters. The number of hydrogen-bond acceptors (Lipinski definition) is 5. The number of Topliss-reactive ketones (excluding diaryl/α,β-unsaturated/α-hetero) is 1. The number of ether oxygens (including phenoxy) is 1. The summed E-state index contributed by atoms with van der Waals surface area (Å²) < 4.78 is 5.23. The molecule has 0 aliphatic heterocycles. The number of carbonyl (C=O) groups excluding carboxylic acids is 1. The number of rotatable bonds is 5. The summed E-state index contributed by atoms with van der Waals surface area (Å²) in [4.78, 5) is 27.5. The largest absolute Gasteiger partial charge is 0.505 e. The Labute approximate surface area is 139 Å². The number of aryl methyl sites for hydroxylation is 1. The molecule has 6 heteroatoms. The number of carboxylic acid groups (broad SMARTS) is 1. The molecular formula is C18H17NO5. The van der Waals surface area contributed by atoms with E-state index in [1.807, 2.05) is 12.1 Å². The Morgan fingerprint density at radius 3 is 2.42 bits per heavy atom. The van der Waals surface area contributed by atoms with Crippen LogP contribution in [-0.4, -0.2) is 34.1 Å². The van der Waals surface area contributed by atoms with Gasteiger partial charge in [0.1, 0.15) is 11.5 Å². The molecule has 2 N–H and O–H groups in total. The van der Waals surface area contributed by atoms with Crippen LogP contribution in [0.2, 0.25) is 0 Å². The molecule has 1 aromatic carbocycles. The van der Waals surface area contributed by atoms with Crippen molar-refractivity contribution in [3.8, 4) is 11.5 Å². The quantitative estimate of drug-likeness (QED) is 0.819. The molecule has 2 rings (SSSR count). The number of methoxy groups -OCH3 is 1. The summed E-state index contributed by atoms with van der Waals surface area (Å²) in [5.74, 6) is -1.66. The van der Waals surface area contributed by atoms with Gasteiger partial charge in [0.25, 0.3) is 0 Å². The van der Waals surface area contributed by atoms with Gasteiger partial charge in [-0.25, -0.2) is 9.78 Å². The van der Waals surface area contributed by atoms with Crippen molar-refractivity contribution in [1.82, 2.24) is 4.98 Å². The van der Waals surface area contributed by atoms with Gasteiger partial charge in [0.15, 0.2) is 5.78 Å². The number of hydrogen-bond donors (Lipinski definition) is 2. The fourth-order valence-electron chi connectivity index (χ4n) is 2.37. The standard InChI is InChI=1S/C18H17NO5/c1-10-17(21)15(11(2)20)16(18(22)23)13(19-10)9-8-12-6-4-5-7-14(12)24-3/h4-9,21H,1-3H3,(H,22,23)/b9-8+. The monoisotopic (exact) mass is 327 g/mol. The molecule has 1 heterocycles. The zero-order valence-corrected chi connectivity index (χ0v) is 13.5. The highest BCUT2D eigenvalue weighted by Crippen LogP contribution is 2.29. The van der Waals surface area contributed by atoms with Crippen LogP contribution >= 0.6 is 0 Å². The zero-order chi connectivity index (χ0) is 17.9. The van der Waals surface area contributed by atoms with E-state index < -0.39 is 17.5 Å². The number of aromatic carboxylic acids is 1. The minimum atomic E-state index is -1.33. The van der Waals surface area contributed by atoms with Crippen molar-refractivity contribution in [2.24, 2.45) is 0 Å². The Balaban J connectivity index is 2.64. The first-order valence-electron chi connectivity index (χ1n) is 7.15. The first kappa shape index (κ1) is 17.2. The van der Waals surface area contributed by atoms with E-state index in [1.165, 1.54) is 27.0 Å². The molecule has 0 radical (unpaired) electrons. The van der Waals surface area contributed by atoms with Gasteiger partial charge in [-0.2, -0.15) is 0 Å². The van der Waals surface area contributed by atoms with Crippen LogP contribution in [0.1, 0.15) is 44.6 Å². The summed E-state index contributed by atoms with van der Waals surface area (Å²) in [7, 11) is 1.53. The predicted octanol–water partition coefficient (Wildman–Crippen LogP) is 3.18. The third-order valence-corrected chi connectivity index (χ3v) is 3.50. The molecule has 24 heavy (non-hydrogen) atoms. The Bertz CT molecular complexity index is 840. The van der Waals surface area contributed by atoms with Crippen molar-refractivity contribution in [2.75, 3.05) is 7.11 Å². The minimum absolute atomic E-state index is 0.0916. The maximum absolute atomic E-state index is 11.8. The first-order valence-corrected chi connectivity index (χ1v) is 7.15. The lowest BCUT2D eigenvalue weighted by Gasteiger charge is -2.11. The molecule has 2 aromatic rings. The van der Waals surface area contributed by atoms with Crippen LogP contribution in [0.15, 0.2) is 24.3 Å². The fourth-order valence-corrected chi connectivity index (χ4v) is 2.37. The molecule has 1 aromatic heterocycles. The number of nitrogens with zero attached hydrogens (tertiary/aromatic N) is 1. The second-order valence-electron chi connectivity index (χ2n) is 5.12. The summed E-state index contributed by atoms with van der Waals surface area (Å²) in [5, 5.41) is 19.4. The molecule has 0 aliphatic rings. The van der Waals surface area contributed by atoms with Crippen molar-refractivity contribution in [3.05, 3.63) is 52.3 Å². The number of para-hydroxylation sites is 1. The van der Waals surface area contributed by atoms with Crippen molar-refractivity contribution in [2.45, 2.75) is 13.8 Å². The van der Waals surface area contributed by atoms with Crippen molar-refractivity contribution >= 4 is 23.9 Å². The molecule has 0 amide bonds. The summed E-state index contributed by atoms with van der Waals surface area (Å²) in [6.07, 6.45) is 3.13. The molecule has 0 spiro atoms. The molecule has 0 aliphatic carbocycles. The topological polar surface area (TPSA) is 96.7 Å². The molecule has 0 saturated heterocycles. The van der Waals surface area contributed by atoms with Gasteiger partial charge in [-0.3, -0.25) is 4.79 Å². The Morgan fingerprint density at radius 1 is 1.17 bits per heavy atom. The number of aromatic hydroxyl groups is 1. The molecule has 0 saturated carbocycles. The van der Waals surface area contributed by atoms with Crippen molar-refractivity contribution in [1.29, 1.82) is 0 Å².